The summed E-state index contributed by atoms with van der Waals surface area (Å²) in [6.07, 6.45) is 3.64. The van der Waals surface area contributed by atoms with Gasteiger partial charge in [0.15, 0.2) is 5.03 Å². The first-order valence-electron chi connectivity index (χ1n) is 6.67. The number of aromatic nitrogens is 2. The smallest absolute Gasteiger partial charge is 0.274 e. The minimum atomic E-state index is -4.15. The quantitative estimate of drug-likeness (QED) is 0.909. The number of amides is 1. The zero-order valence-electron chi connectivity index (χ0n) is 11.6. The Bertz CT molecular complexity index is 839. The highest BCUT2D eigenvalue weighted by molar-refractivity contribution is 7.90. The molecular weight excluding hydrogens is 328 g/mol. The Morgan fingerprint density at radius 3 is 2.52 bits per heavy atom. The zero-order valence-corrected chi connectivity index (χ0v) is 12.4. The number of halogens is 2. The number of carbonyl (C=O) groups is 1. The van der Waals surface area contributed by atoms with E-state index in [2.05, 4.69) is 9.97 Å². The maximum absolute atomic E-state index is 13.7. The predicted octanol–water partition coefficient (Wildman–Crippen LogP) is 1.36. The molecule has 1 aromatic heterocycles. The first kappa shape index (κ1) is 15.5. The topological polar surface area (TPSA) is 89.0 Å². The van der Waals surface area contributed by atoms with Gasteiger partial charge in [-0.15, -0.1) is 0 Å². The van der Waals surface area contributed by atoms with Crippen molar-refractivity contribution in [3.8, 4) is 0 Å². The lowest BCUT2D eigenvalue weighted by molar-refractivity contribution is -0.120. The summed E-state index contributed by atoms with van der Waals surface area (Å²) in [5.74, 6) is -3.78. The summed E-state index contributed by atoms with van der Waals surface area (Å²) in [4.78, 5) is 19.2. The standard InChI is InChI=1S/C14H11F2N3O3S/c15-10-2-1-3-11(16)13(10)8-6-9(8)14(20)19-23(21,22)12-7-17-4-5-18-12/h1-5,7-9H,6H2,(H,19,20)/t8-,9-/m0/s1. The molecule has 1 aliphatic carbocycles. The molecule has 3 rings (SSSR count). The Kier molecular flexibility index (Phi) is 3.80. The van der Waals surface area contributed by atoms with Crippen LogP contribution >= 0.6 is 0 Å². The lowest BCUT2D eigenvalue weighted by Gasteiger charge is -2.06. The molecule has 0 bridgehead atoms. The Labute approximate surface area is 130 Å². The third-order valence-electron chi connectivity index (χ3n) is 3.55. The molecule has 23 heavy (non-hydrogen) atoms. The van der Waals surface area contributed by atoms with E-state index in [0.717, 1.165) is 18.3 Å². The van der Waals surface area contributed by atoms with Crippen molar-refractivity contribution in [3.63, 3.8) is 0 Å². The first-order chi connectivity index (χ1) is 10.9. The molecule has 1 amide bonds. The number of nitrogens with one attached hydrogen (secondary N) is 1. The van der Waals surface area contributed by atoms with Crippen LogP contribution in [0.2, 0.25) is 0 Å². The molecule has 120 valence electrons. The van der Waals surface area contributed by atoms with E-state index in [1.165, 1.54) is 18.5 Å². The van der Waals surface area contributed by atoms with Gasteiger partial charge in [0, 0.05) is 29.8 Å². The second-order valence-corrected chi connectivity index (χ2v) is 6.73. The van der Waals surface area contributed by atoms with Crippen molar-refractivity contribution < 1.29 is 22.0 Å². The highest BCUT2D eigenvalue weighted by Gasteiger charge is 2.47. The van der Waals surface area contributed by atoms with Crippen molar-refractivity contribution in [1.82, 2.24) is 14.7 Å². The molecule has 1 heterocycles. The van der Waals surface area contributed by atoms with Gasteiger partial charge in [0.1, 0.15) is 11.6 Å². The Balaban J connectivity index is 1.74. The fraction of sp³-hybridized carbons (Fsp3) is 0.214. The van der Waals surface area contributed by atoms with Crippen molar-refractivity contribution in [3.05, 3.63) is 54.0 Å². The molecule has 0 radical (unpaired) electrons. The fourth-order valence-electron chi connectivity index (χ4n) is 2.35. The van der Waals surface area contributed by atoms with E-state index >= 15 is 0 Å². The van der Waals surface area contributed by atoms with Crippen molar-refractivity contribution in [2.75, 3.05) is 0 Å². The first-order valence-corrected chi connectivity index (χ1v) is 8.15. The molecule has 2 aromatic rings. The average molecular weight is 339 g/mol. The normalized spacial score (nSPS) is 20.1. The van der Waals surface area contributed by atoms with Crippen LogP contribution in [-0.4, -0.2) is 24.3 Å². The lowest BCUT2D eigenvalue weighted by Crippen LogP contribution is -2.32. The summed E-state index contributed by atoms with van der Waals surface area (Å²) in [6.45, 7) is 0. The molecule has 1 N–H and O–H groups in total. The van der Waals surface area contributed by atoms with E-state index in [-0.39, 0.29) is 12.0 Å². The summed E-state index contributed by atoms with van der Waals surface area (Å²) in [6, 6.07) is 3.42. The average Bonchev–Trinajstić information content (AvgIpc) is 3.28. The van der Waals surface area contributed by atoms with Gasteiger partial charge in [-0.1, -0.05) is 6.07 Å². The van der Waals surface area contributed by atoms with Gasteiger partial charge >= 0.3 is 0 Å². The highest BCUT2D eigenvalue weighted by Crippen LogP contribution is 2.49. The Morgan fingerprint density at radius 2 is 1.91 bits per heavy atom. The number of carbonyl (C=O) groups excluding carboxylic acids is 1. The molecule has 0 unspecified atom stereocenters. The highest BCUT2D eigenvalue weighted by atomic mass is 32.2. The Morgan fingerprint density at radius 1 is 1.22 bits per heavy atom. The molecule has 2 atom stereocenters. The minimum Gasteiger partial charge on any atom is -0.274 e. The predicted molar refractivity (Wildman–Crippen MR) is 74.6 cm³/mol. The zero-order chi connectivity index (χ0) is 16.6. The molecule has 9 heteroatoms. The molecule has 0 spiro atoms. The SMILES string of the molecule is O=C(NS(=O)(=O)c1cnccn1)[C@H]1C[C@@H]1c1c(F)cccc1F. The van der Waals surface area contributed by atoms with Crippen LogP contribution in [0.25, 0.3) is 0 Å². The van der Waals surface area contributed by atoms with Crippen LogP contribution in [0.15, 0.2) is 41.8 Å². The maximum Gasteiger partial charge on any atom is 0.283 e. The number of nitrogens with zero attached hydrogens (tertiary/aromatic N) is 2. The molecule has 6 nitrogen and oxygen atoms in total. The maximum atomic E-state index is 13.7. The molecule has 1 aliphatic rings. The van der Waals surface area contributed by atoms with Gasteiger partial charge in [0.05, 0.1) is 6.20 Å². The van der Waals surface area contributed by atoms with Gasteiger partial charge in [0.2, 0.25) is 5.91 Å². The number of benzene rings is 1. The summed E-state index contributed by atoms with van der Waals surface area (Å²) in [7, 11) is -4.15. The minimum absolute atomic E-state index is 0.180. The summed E-state index contributed by atoms with van der Waals surface area (Å²) < 4.78 is 53.1. The van der Waals surface area contributed by atoms with E-state index in [1.807, 2.05) is 4.72 Å². The van der Waals surface area contributed by atoms with Crippen LogP contribution in [0.5, 0.6) is 0 Å². The van der Waals surface area contributed by atoms with Crippen LogP contribution in [-0.2, 0) is 14.8 Å². The van der Waals surface area contributed by atoms with E-state index < -0.39 is 44.4 Å². The van der Waals surface area contributed by atoms with E-state index in [4.69, 9.17) is 0 Å². The van der Waals surface area contributed by atoms with E-state index in [9.17, 15) is 22.0 Å². The van der Waals surface area contributed by atoms with Gasteiger partial charge in [-0.25, -0.2) is 18.5 Å². The number of hydrogen-bond acceptors (Lipinski definition) is 5. The Hall–Kier alpha value is -2.42. The summed E-state index contributed by atoms with van der Waals surface area (Å²) >= 11 is 0. The lowest BCUT2D eigenvalue weighted by atomic mass is 10.1. The van der Waals surface area contributed by atoms with Crippen LogP contribution in [0.3, 0.4) is 0 Å². The molecular formula is C14H11F2N3O3S. The molecule has 1 aromatic carbocycles. The van der Waals surface area contributed by atoms with E-state index in [1.54, 1.807) is 0 Å². The van der Waals surface area contributed by atoms with Gasteiger partial charge < -0.3 is 0 Å². The summed E-state index contributed by atoms with van der Waals surface area (Å²) in [5.41, 5.74) is -0.190. The molecule has 1 saturated carbocycles. The third kappa shape index (κ3) is 3.04. The van der Waals surface area contributed by atoms with Gasteiger partial charge in [-0.05, 0) is 18.6 Å². The molecule has 0 saturated heterocycles. The van der Waals surface area contributed by atoms with Crippen molar-refractivity contribution in [1.29, 1.82) is 0 Å². The number of hydrogen-bond donors (Lipinski definition) is 1. The number of rotatable bonds is 4. The number of sulfonamides is 1. The van der Waals surface area contributed by atoms with Gasteiger partial charge in [-0.2, -0.15) is 8.42 Å². The van der Waals surface area contributed by atoms with Crippen molar-refractivity contribution in [2.24, 2.45) is 5.92 Å². The van der Waals surface area contributed by atoms with Crippen molar-refractivity contribution >= 4 is 15.9 Å². The molecule has 0 aliphatic heterocycles. The molecule has 1 fully saturated rings. The fourth-order valence-corrected chi connectivity index (χ4v) is 3.27. The third-order valence-corrected chi connectivity index (χ3v) is 4.78. The summed E-state index contributed by atoms with van der Waals surface area (Å²) in [5, 5.41) is -0.400. The second kappa shape index (κ2) is 5.65. The van der Waals surface area contributed by atoms with Gasteiger partial charge in [-0.3, -0.25) is 9.78 Å². The van der Waals surface area contributed by atoms with Crippen LogP contribution < -0.4 is 4.72 Å². The van der Waals surface area contributed by atoms with Crippen LogP contribution in [0, 0.1) is 17.6 Å². The second-order valence-electron chi connectivity index (χ2n) is 5.10. The van der Waals surface area contributed by atoms with Crippen LogP contribution in [0.4, 0.5) is 8.78 Å². The largest absolute Gasteiger partial charge is 0.283 e. The van der Waals surface area contributed by atoms with E-state index in [0.29, 0.717) is 0 Å². The van der Waals surface area contributed by atoms with Crippen LogP contribution in [0.1, 0.15) is 17.9 Å². The van der Waals surface area contributed by atoms with Gasteiger partial charge in [0.25, 0.3) is 10.0 Å². The monoisotopic (exact) mass is 339 g/mol. The van der Waals surface area contributed by atoms with Crippen molar-refractivity contribution in [2.45, 2.75) is 17.4 Å².